The van der Waals surface area contributed by atoms with E-state index >= 15 is 0 Å². The topological polar surface area (TPSA) is 52.2 Å². The first-order valence-corrected chi connectivity index (χ1v) is 5.63. The van der Waals surface area contributed by atoms with E-state index in [1.807, 2.05) is 11.9 Å². The number of hydrogen-bond acceptors (Lipinski definition) is 4. The van der Waals surface area contributed by atoms with Crippen LogP contribution in [0, 0.1) is 0 Å². The Hall–Kier alpha value is -1.36. The zero-order chi connectivity index (χ0) is 11.5. The van der Waals surface area contributed by atoms with Crippen molar-refractivity contribution in [1.82, 2.24) is 14.9 Å². The van der Waals surface area contributed by atoms with Gasteiger partial charge in [0.2, 0.25) is 0 Å². The number of H-pyrrole nitrogens is 1. The van der Waals surface area contributed by atoms with Crippen LogP contribution in [-0.4, -0.2) is 48.1 Å². The Bertz CT molecular complexity index is 403. The third-order valence-electron chi connectivity index (χ3n) is 3.21. The molecule has 88 valence electrons. The van der Waals surface area contributed by atoms with Crippen molar-refractivity contribution < 1.29 is 0 Å². The van der Waals surface area contributed by atoms with Crippen molar-refractivity contribution in [3.05, 3.63) is 22.7 Å². The second-order valence-corrected chi connectivity index (χ2v) is 4.40. The molecule has 5 nitrogen and oxygen atoms in total. The highest BCUT2D eigenvalue weighted by molar-refractivity contribution is 5.34. The smallest absolute Gasteiger partial charge is 0.290 e. The number of likely N-dealkylation sites (tertiary alicyclic amines) is 1. The zero-order valence-electron chi connectivity index (χ0n) is 9.81. The largest absolute Gasteiger partial charge is 0.354 e. The van der Waals surface area contributed by atoms with Gasteiger partial charge >= 0.3 is 0 Å². The molecule has 1 fully saturated rings. The molecule has 1 aromatic rings. The molecule has 0 radical (unpaired) electrons. The Balaban J connectivity index is 2.05. The van der Waals surface area contributed by atoms with Gasteiger partial charge in [-0.05, 0) is 26.4 Å². The van der Waals surface area contributed by atoms with Crippen LogP contribution < -0.4 is 10.5 Å². The normalized spacial score (nSPS) is 21.2. The first-order chi connectivity index (χ1) is 7.68. The molecule has 0 saturated carbocycles. The van der Waals surface area contributed by atoms with Gasteiger partial charge in [-0.3, -0.25) is 4.79 Å². The van der Waals surface area contributed by atoms with Gasteiger partial charge in [0, 0.05) is 32.0 Å². The fraction of sp³-hybridized carbons (Fsp3) is 0.636. The summed E-state index contributed by atoms with van der Waals surface area (Å²) < 4.78 is 0. The van der Waals surface area contributed by atoms with Crippen LogP contribution in [-0.2, 0) is 0 Å². The molecule has 2 heterocycles. The van der Waals surface area contributed by atoms with E-state index in [1.165, 1.54) is 12.8 Å². The molecule has 0 amide bonds. The van der Waals surface area contributed by atoms with Crippen LogP contribution in [0.5, 0.6) is 0 Å². The summed E-state index contributed by atoms with van der Waals surface area (Å²) >= 11 is 0. The van der Waals surface area contributed by atoms with Crippen LogP contribution in [0.15, 0.2) is 17.2 Å². The molecule has 1 N–H and O–H groups in total. The fourth-order valence-corrected chi connectivity index (χ4v) is 2.23. The van der Waals surface area contributed by atoms with E-state index in [0.717, 1.165) is 13.1 Å². The summed E-state index contributed by atoms with van der Waals surface area (Å²) in [5.41, 5.74) is -0.120. The van der Waals surface area contributed by atoms with Gasteiger partial charge in [0.15, 0.2) is 5.82 Å². The molecule has 1 aliphatic heterocycles. The van der Waals surface area contributed by atoms with Crippen molar-refractivity contribution in [2.45, 2.75) is 18.9 Å². The molecule has 0 bridgehead atoms. The van der Waals surface area contributed by atoms with Gasteiger partial charge in [0.05, 0.1) is 0 Å². The van der Waals surface area contributed by atoms with Crippen LogP contribution in [0.1, 0.15) is 12.8 Å². The molecule has 1 saturated heterocycles. The van der Waals surface area contributed by atoms with E-state index in [9.17, 15) is 4.79 Å². The Morgan fingerprint density at radius 1 is 1.69 bits per heavy atom. The third kappa shape index (κ3) is 2.24. The van der Waals surface area contributed by atoms with Gasteiger partial charge in [-0.25, -0.2) is 4.98 Å². The highest BCUT2D eigenvalue weighted by Crippen LogP contribution is 2.16. The second kappa shape index (κ2) is 4.65. The minimum absolute atomic E-state index is 0.120. The lowest BCUT2D eigenvalue weighted by Crippen LogP contribution is -2.38. The van der Waals surface area contributed by atoms with Crippen molar-refractivity contribution in [2.24, 2.45) is 0 Å². The lowest BCUT2D eigenvalue weighted by Gasteiger charge is -2.25. The van der Waals surface area contributed by atoms with Crippen molar-refractivity contribution in [1.29, 1.82) is 0 Å². The fourth-order valence-electron chi connectivity index (χ4n) is 2.23. The van der Waals surface area contributed by atoms with Crippen molar-refractivity contribution in [3.8, 4) is 0 Å². The predicted molar refractivity (Wildman–Crippen MR) is 63.8 cm³/mol. The van der Waals surface area contributed by atoms with Crippen molar-refractivity contribution >= 4 is 5.82 Å². The molecule has 1 atom stereocenters. The van der Waals surface area contributed by atoms with Gasteiger partial charge < -0.3 is 14.8 Å². The van der Waals surface area contributed by atoms with Crippen molar-refractivity contribution in [3.63, 3.8) is 0 Å². The Kier molecular flexibility index (Phi) is 3.24. The zero-order valence-corrected chi connectivity index (χ0v) is 9.81. The Morgan fingerprint density at radius 3 is 3.12 bits per heavy atom. The number of rotatable bonds is 3. The number of nitrogens with one attached hydrogen (secondary N) is 1. The number of aromatic nitrogens is 2. The molecular weight excluding hydrogens is 204 g/mol. The van der Waals surface area contributed by atoms with Crippen molar-refractivity contribution in [2.75, 3.05) is 32.1 Å². The maximum atomic E-state index is 11.5. The Morgan fingerprint density at radius 2 is 2.50 bits per heavy atom. The lowest BCUT2D eigenvalue weighted by molar-refractivity contribution is 0.314. The predicted octanol–water partition coefficient (Wildman–Crippen LogP) is 0.300. The Labute approximate surface area is 95.1 Å². The highest BCUT2D eigenvalue weighted by atomic mass is 16.1. The van der Waals surface area contributed by atoms with Crippen LogP contribution in [0.2, 0.25) is 0 Å². The molecule has 5 heteroatoms. The van der Waals surface area contributed by atoms with Crippen LogP contribution in [0.4, 0.5) is 5.82 Å². The quantitative estimate of drug-likeness (QED) is 0.799. The van der Waals surface area contributed by atoms with Gasteiger partial charge in [-0.2, -0.15) is 0 Å². The summed E-state index contributed by atoms with van der Waals surface area (Å²) in [5, 5.41) is 0. The summed E-state index contributed by atoms with van der Waals surface area (Å²) in [6.45, 7) is 2.01. The number of aromatic amines is 1. The maximum Gasteiger partial charge on any atom is 0.290 e. The van der Waals surface area contributed by atoms with E-state index in [4.69, 9.17) is 0 Å². The molecule has 0 spiro atoms. The molecule has 0 aromatic carbocycles. The van der Waals surface area contributed by atoms with Gasteiger partial charge in [0.1, 0.15) is 0 Å². The van der Waals surface area contributed by atoms with E-state index in [0.29, 0.717) is 11.9 Å². The summed E-state index contributed by atoms with van der Waals surface area (Å²) in [4.78, 5) is 22.6. The average Bonchev–Trinajstić information content (AvgIpc) is 2.65. The van der Waals surface area contributed by atoms with E-state index in [2.05, 4.69) is 21.9 Å². The highest BCUT2D eigenvalue weighted by Gasteiger charge is 2.23. The SMILES string of the molecule is CN(CC1CCCN1C)c1ncc[nH]c1=O. The molecule has 0 aliphatic carbocycles. The minimum atomic E-state index is -0.120. The molecule has 1 aliphatic rings. The number of hydrogen-bond donors (Lipinski definition) is 1. The minimum Gasteiger partial charge on any atom is -0.354 e. The van der Waals surface area contributed by atoms with Gasteiger partial charge in [0.25, 0.3) is 5.56 Å². The molecule has 16 heavy (non-hydrogen) atoms. The monoisotopic (exact) mass is 222 g/mol. The van der Waals surface area contributed by atoms with E-state index in [1.54, 1.807) is 12.4 Å². The first-order valence-electron chi connectivity index (χ1n) is 5.63. The third-order valence-corrected chi connectivity index (χ3v) is 3.21. The van der Waals surface area contributed by atoms with Gasteiger partial charge in [-0.15, -0.1) is 0 Å². The number of likely N-dealkylation sites (N-methyl/N-ethyl adjacent to an activating group) is 2. The summed E-state index contributed by atoms with van der Waals surface area (Å²) in [6.07, 6.45) is 5.62. The maximum absolute atomic E-state index is 11.5. The van der Waals surface area contributed by atoms with E-state index in [-0.39, 0.29) is 5.56 Å². The molecule has 2 rings (SSSR count). The number of anilines is 1. The molecular formula is C11H18N4O. The van der Waals surface area contributed by atoms with Crippen LogP contribution in [0.25, 0.3) is 0 Å². The van der Waals surface area contributed by atoms with E-state index < -0.39 is 0 Å². The standard InChI is InChI=1S/C11H18N4O/c1-14-7-3-4-9(14)8-15(2)10-11(16)13-6-5-12-10/h5-6,9H,3-4,7-8H2,1-2H3,(H,13,16). The average molecular weight is 222 g/mol. The molecule has 1 aromatic heterocycles. The van der Waals surface area contributed by atoms with Gasteiger partial charge in [-0.1, -0.05) is 0 Å². The molecule has 1 unspecified atom stereocenters. The second-order valence-electron chi connectivity index (χ2n) is 4.40. The summed E-state index contributed by atoms with van der Waals surface area (Å²) in [5.74, 6) is 0.503. The lowest BCUT2D eigenvalue weighted by atomic mass is 10.2. The van der Waals surface area contributed by atoms with Crippen LogP contribution in [0.3, 0.4) is 0 Å². The van der Waals surface area contributed by atoms with Crippen LogP contribution >= 0.6 is 0 Å². The summed E-state index contributed by atoms with van der Waals surface area (Å²) in [6, 6.07) is 0.534. The summed E-state index contributed by atoms with van der Waals surface area (Å²) in [7, 11) is 4.05. The first kappa shape index (κ1) is 11.1. The number of nitrogens with zero attached hydrogens (tertiary/aromatic N) is 3.